The van der Waals surface area contributed by atoms with E-state index in [1.165, 1.54) is 0 Å². The fourth-order valence-electron chi connectivity index (χ4n) is 0.973. The van der Waals surface area contributed by atoms with Gasteiger partial charge in [-0.1, -0.05) is 12.1 Å². The minimum absolute atomic E-state index is 1.05. The number of hydrogen-bond donors (Lipinski definition) is 1. The normalized spacial score (nSPS) is 13.5. The highest BCUT2D eigenvalue weighted by Crippen LogP contribution is 2.13. The van der Waals surface area contributed by atoms with Gasteiger partial charge in [-0.25, -0.2) is 0 Å². The first-order valence-corrected chi connectivity index (χ1v) is 3.42. The van der Waals surface area contributed by atoms with Crippen LogP contribution in [-0.2, 0) is 0 Å². The van der Waals surface area contributed by atoms with Gasteiger partial charge >= 0.3 is 0 Å². The van der Waals surface area contributed by atoms with Crippen molar-refractivity contribution in [3.05, 3.63) is 42.2 Å². The second-order valence-corrected chi connectivity index (χ2v) is 2.25. The predicted molar refractivity (Wildman–Crippen MR) is 45.6 cm³/mol. The molecule has 0 saturated heterocycles. The van der Waals surface area contributed by atoms with Gasteiger partial charge in [-0.15, -0.1) is 0 Å². The van der Waals surface area contributed by atoms with Gasteiger partial charge in [0, 0.05) is 29.9 Å². The Labute approximate surface area is 65.3 Å². The number of aliphatic imine (C=N–C) groups is 1. The molecule has 1 aliphatic heterocycles. The first kappa shape index (κ1) is 6.16. The van der Waals surface area contributed by atoms with E-state index in [0.717, 1.165) is 11.3 Å². The maximum absolute atomic E-state index is 4.03. The Kier molecular flexibility index (Phi) is 1.44. The van der Waals surface area contributed by atoms with E-state index in [1.54, 1.807) is 12.4 Å². The van der Waals surface area contributed by atoms with Crippen LogP contribution in [0.3, 0.4) is 0 Å². The third-order valence-electron chi connectivity index (χ3n) is 1.51. The quantitative estimate of drug-likeness (QED) is 0.588. The zero-order valence-corrected chi connectivity index (χ0v) is 5.91. The molecular weight excluding hydrogens is 136 g/mol. The molecule has 2 rings (SSSR count). The number of rotatable bonds is 0. The molecule has 2 heteroatoms. The summed E-state index contributed by atoms with van der Waals surface area (Å²) in [4.78, 5) is 4.03. The highest BCUT2D eigenvalue weighted by Gasteiger charge is 1.96. The third kappa shape index (κ3) is 1.15. The minimum atomic E-state index is 1.05. The van der Waals surface area contributed by atoms with Gasteiger partial charge in [0.15, 0.2) is 0 Å². The standard InChI is InChI=1S/C9H7N2/c1-2-4-9-8(3-1)7-10-5-6-11-9/h1,3-7,11H. The SMILES string of the molecule is [c]1ccc2c(c1)NC=CN=C2. The van der Waals surface area contributed by atoms with E-state index in [0.29, 0.717) is 0 Å². The second kappa shape index (κ2) is 2.58. The van der Waals surface area contributed by atoms with Crippen molar-refractivity contribution < 1.29 is 0 Å². The van der Waals surface area contributed by atoms with Crippen molar-refractivity contribution >= 4 is 11.9 Å². The summed E-state index contributed by atoms with van der Waals surface area (Å²) < 4.78 is 0. The van der Waals surface area contributed by atoms with E-state index < -0.39 is 0 Å². The first-order valence-electron chi connectivity index (χ1n) is 3.42. The first-order chi connectivity index (χ1) is 5.47. The summed E-state index contributed by atoms with van der Waals surface area (Å²) in [6.45, 7) is 0. The Morgan fingerprint density at radius 1 is 1.45 bits per heavy atom. The summed E-state index contributed by atoms with van der Waals surface area (Å²) in [5, 5.41) is 3.09. The van der Waals surface area contributed by atoms with Crippen molar-refractivity contribution in [1.82, 2.24) is 0 Å². The van der Waals surface area contributed by atoms with Crippen LogP contribution in [0.4, 0.5) is 5.69 Å². The van der Waals surface area contributed by atoms with E-state index >= 15 is 0 Å². The zero-order chi connectivity index (χ0) is 7.52. The average Bonchev–Trinajstić information content (AvgIpc) is 2.28. The van der Waals surface area contributed by atoms with Crippen LogP contribution in [0.1, 0.15) is 5.56 Å². The molecule has 1 N–H and O–H groups in total. The lowest BCUT2D eigenvalue weighted by Gasteiger charge is -2.00. The van der Waals surface area contributed by atoms with Crippen LogP contribution in [0.2, 0.25) is 0 Å². The van der Waals surface area contributed by atoms with Crippen molar-refractivity contribution in [2.45, 2.75) is 0 Å². The van der Waals surface area contributed by atoms with E-state index in [-0.39, 0.29) is 0 Å². The van der Waals surface area contributed by atoms with Crippen LogP contribution in [-0.4, -0.2) is 6.21 Å². The molecule has 0 amide bonds. The van der Waals surface area contributed by atoms with Crippen LogP contribution >= 0.6 is 0 Å². The van der Waals surface area contributed by atoms with Gasteiger partial charge < -0.3 is 5.32 Å². The third-order valence-corrected chi connectivity index (χ3v) is 1.51. The van der Waals surface area contributed by atoms with Crippen molar-refractivity contribution in [2.75, 3.05) is 5.32 Å². The highest BCUT2D eigenvalue weighted by atomic mass is 14.9. The van der Waals surface area contributed by atoms with Crippen LogP contribution in [0, 0.1) is 6.07 Å². The van der Waals surface area contributed by atoms with Gasteiger partial charge in [0.05, 0.1) is 0 Å². The molecule has 0 spiro atoms. The summed E-state index contributed by atoms with van der Waals surface area (Å²) in [5.41, 5.74) is 2.14. The smallest absolute Gasteiger partial charge is 0.0475 e. The number of fused-ring (bicyclic) bond motifs is 1. The van der Waals surface area contributed by atoms with Crippen LogP contribution in [0.25, 0.3) is 0 Å². The molecule has 2 nitrogen and oxygen atoms in total. The summed E-state index contributed by atoms with van der Waals surface area (Å²) >= 11 is 0. The Balaban J connectivity index is 2.52. The van der Waals surface area contributed by atoms with Gasteiger partial charge in [-0.2, -0.15) is 0 Å². The molecule has 0 aromatic heterocycles. The Morgan fingerprint density at radius 3 is 3.45 bits per heavy atom. The lowest BCUT2D eigenvalue weighted by atomic mass is 10.2. The van der Waals surface area contributed by atoms with Gasteiger partial charge in [-0.3, -0.25) is 4.99 Å². The maximum atomic E-state index is 4.03. The number of anilines is 1. The molecule has 11 heavy (non-hydrogen) atoms. The van der Waals surface area contributed by atoms with Crippen LogP contribution < -0.4 is 5.32 Å². The van der Waals surface area contributed by atoms with E-state index in [9.17, 15) is 0 Å². The van der Waals surface area contributed by atoms with Crippen LogP contribution in [0.15, 0.2) is 35.6 Å². The van der Waals surface area contributed by atoms with Gasteiger partial charge in [0.1, 0.15) is 0 Å². The molecule has 0 bridgehead atoms. The Morgan fingerprint density at radius 2 is 2.45 bits per heavy atom. The maximum Gasteiger partial charge on any atom is 0.0475 e. The second-order valence-electron chi connectivity index (χ2n) is 2.25. The molecular formula is C9H7N2. The van der Waals surface area contributed by atoms with Crippen molar-refractivity contribution in [2.24, 2.45) is 4.99 Å². The number of benzene rings is 1. The molecule has 53 valence electrons. The van der Waals surface area contributed by atoms with Crippen molar-refractivity contribution in [1.29, 1.82) is 0 Å². The monoisotopic (exact) mass is 143 g/mol. The average molecular weight is 143 g/mol. The number of hydrogen-bond acceptors (Lipinski definition) is 2. The molecule has 0 saturated carbocycles. The predicted octanol–water partition coefficient (Wildman–Crippen LogP) is 1.80. The minimum Gasteiger partial charge on any atom is -0.360 e. The summed E-state index contributed by atoms with van der Waals surface area (Å²) in [6.07, 6.45) is 5.34. The number of nitrogens with zero attached hydrogens (tertiary/aromatic N) is 1. The molecule has 0 unspecified atom stereocenters. The van der Waals surface area contributed by atoms with Gasteiger partial charge in [0.25, 0.3) is 0 Å². The lowest BCUT2D eigenvalue weighted by Crippen LogP contribution is -1.90. The largest absolute Gasteiger partial charge is 0.360 e. The van der Waals surface area contributed by atoms with Crippen molar-refractivity contribution in [3.63, 3.8) is 0 Å². The lowest BCUT2D eigenvalue weighted by molar-refractivity contribution is 1.55. The van der Waals surface area contributed by atoms with E-state index in [2.05, 4.69) is 16.4 Å². The van der Waals surface area contributed by atoms with E-state index in [1.807, 2.05) is 24.4 Å². The van der Waals surface area contributed by atoms with Gasteiger partial charge in [0.2, 0.25) is 0 Å². The topological polar surface area (TPSA) is 24.4 Å². The fraction of sp³-hybridized carbons (Fsp3) is 0. The molecule has 0 fully saturated rings. The molecule has 0 atom stereocenters. The molecule has 0 aliphatic carbocycles. The molecule has 1 aromatic carbocycles. The van der Waals surface area contributed by atoms with Gasteiger partial charge in [-0.05, 0) is 12.1 Å². The molecule has 1 aromatic rings. The zero-order valence-electron chi connectivity index (χ0n) is 5.91. The molecule has 1 heterocycles. The summed E-state index contributed by atoms with van der Waals surface area (Å²) in [5.74, 6) is 0. The highest BCUT2D eigenvalue weighted by molar-refractivity contribution is 5.88. The summed E-state index contributed by atoms with van der Waals surface area (Å²) in [6, 6.07) is 8.73. The molecule has 1 radical (unpaired) electrons. The fourth-order valence-corrected chi connectivity index (χ4v) is 0.973. The van der Waals surface area contributed by atoms with E-state index in [4.69, 9.17) is 0 Å². The number of nitrogens with one attached hydrogen (secondary N) is 1. The molecule has 1 aliphatic rings. The summed E-state index contributed by atoms with van der Waals surface area (Å²) in [7, 11) is 0. The van der Waals surface area contributed by atoms with Crippen LogP contribution in [0.5, 0.6) is 0 Å². The Hall–Kier alpha value is -1.57. The van der Waals surface area contributed by atoms with Crippen molar-refractivity contribution in [3.8, 4) is 0 Å². The Bertz CT molecular complexity index is 313.